The molecule has 2 aromatic carbocycles. The first-order chi connectivity index (χ1) is 11.6. The predicted octanol–water partition coefficient (Wildman–Crippen LogP) is 4.98. The van der Waals surface area contributed by atoms with E-state index >= 15 is 0 Å². The fourth-order valence-corrected chi connectivity index (χ4v) is 3.12. The van der Waals surface area contributed by atoms with Gasteiger partial charge in [-0.1, -0.05) is 36.7 Å². The lowest BCUT2D eigenvalue weighted by Gasteiger charge is -2.12. The van der Waals surface area contributed by atoms with Crippen molar-refractivity contribution in [3.63, 3.8) is 0 Å². The highest BCUT2D eigenvalue weighted by atomic mass is 35.5. The van der Waals surface area contributed by atoms with Gasteiger partial charge in [-0.2, -0.15) is 5.10 Å². The normalized spacial score (nSPS) is 10.8. The molecular weight excluding hydrogens is 324 g/mol. The standard InChI is InChI=1S/C19H19ClN2O2/c1-4-12-9-14(16(23)10-17(12)24-3)19-18(11(2)21-22-19)13-7-5-6-8-15(13)20/h5-10,23H,4H2,1-3H3,(H,21,22). The fraction of sp³-hybridized carbons (Fsp3) is 0.211. The van der Waals surface area contributed by atoms with Gasteiger partial charge < -0.3 is 9.84 Å². The molecule has 5 heteroatoms. The van der Waals surface area contributed by atoms with Crippen LogP contribution in [0.4, 0.5) is 0 Å². The molecule has 124 valence electrons. The maximum Gasteiger partial charge on any atom is 0.128 e. The lowest BCUT2D eigenvalue weighted by Crippen LogP contribution is -1.93. The van der Waals surface area contributed by atoms with Crippen molar-refractivity contribution in [3.05, 3.63) is 52.7 Å². The van der Waals surface area contributed by atoms with Crippen molar-refractivity contribution < 1.29 is 9.84 Å². The van der Waals surface area contributed by atoms with E-state index in [1.165, 1.54) is 0 Å². The Hall–Kier alpha value is -2.46. The Labute approximate surface area is 146 Å². The average molecular weight is 343 g/mol. The van der Waals surface area contributed by atoms with Gasteiger partial charge in [0.1, 0.15) is 17.2 Å². The molecule has 0 atom stereocenters. The van der Waals surface area contributed by atoms with Gasteiger partial charge >= 0.3 is 0 Å². The van der Waals surface area contributed by atoms with Crippen LogP contribution in [0.15, 0.2) is 36.4 Å². The molecule has 0 fully saturated rings. The van der Waals surface area contributed by atoms with Crippen molar-refractivity contribution in [2.45, 2.75) is 20.3 Å². The first kappa shape index (κ1) is 16.4. The van der Waals surface area contributed by atoms with Crippen LogP contribution >= 0.6 is 11.6 Å². The molecule has 0 aliphatic heterocycles. The van der Waals surface area contributed by atoms with Crippen molar-refractivity contribution in [3.8, 4) is 33.9 Å². The molecule has 0 spiro atoms. The van der Waals surface area contributed by atoms with Crippen molar-refractivity contribution in [1.29, 1.82) is 0 Å². The zero-order valence-corrected chi connectivity index (χ0v) is 14.6. The van der Waals surface area contributed by atoms with E-state index in [-0.39, 0.29) is 5.75 Å². The summed E-state index contributed by atoms with van der Waals surface area (Å²) in [5, 5.41) is 18.5. The molecule has 0 bridgehead atoms. The molecule has 1 heterocycles. The van der Waals surface area contributed by atoms with Gasteiger partial charge in [0.05, 0.1) is 7.11 Å². The van der Waals surface area contributed by atoms with E-state index in [4.69, 9.17) is 16.3 Å². The quantitative estimate of drug-likeness (QED) is 0.702. The molecule has 0 aliphatic rings. The second kappa shape index (κ2) is 6.57. The highest BCUT2D eigenvalue weighted by molar-refractivity contribution is 6.33. The van der Waals surface area contributed by atoms with E-state index in [9.17, 15) is 5.11 Å². The summed E-state index contributed by atoms with van der Waals surface area (Å²) in [7, 11) is 1.60. The largest absolute Gasteiger partial charge is 0.507 e. The number of ether oxygens (including phenoxy) is 1. The summed E-state index contributed by atoms with van der Waals surface area (Å²) in [5.74, 6) is 0.800. The van der Waals surface area contributed by atoms with Crippen molar-refractivity contribution >= 4 is 11.6 Å². The summed E-state index contributed by atoms with van der Waals surface area (Å²) in [6.07, 6.45) is 0.793. The third-order valence-electron chi connectivity index (χ3n) is 4.13. The number of nitrogens with one attached hydrogen (secondary N) is 1. The monoisotopic (exact) mass is 342 g/mol. The molecule has 1 aromatic heterocycles. The molecule has 0 amide bonds. The molecule has 0 saturated heterocycles. The molecule has 24 heavy (non-hydrogen) atoms. The van der Waals surface area contributed by atoms with Gasteiger partial charge in [-0.3, -0.25) is 5.10 Å². The van der Waals surface area contributed by atoms with E-state index in [1.54, 1.807) is 13.2 Å². The van der Waals surface area contributed by atoms with Crippen molar-refractivity contribution in [2.75, 3.05) is 7.11 Å². The van der Waals surface area contributed by atoms with Crippen LogP contribution in [-0.4, -0.2) is 22.4 Å². The SMILES string of the molecule is CCc1cc(-c2n[nH]c(C)c2-c2ccccc2Cl)c(O)cc1OC. The number of halogens is 1. The summed E-state index contributed by atoms with van der Waals surface area (Å²) < 4.78 is 5.34. The Morgan fingerprint density at radius 1 is 1.21 bits per heavy atom. The third-order valence-corrected chi connectivity index (χ3v) is 4.45. The summed E-state index contributed by atoms with van der Waals surface area (Å²) >= 11 is 6.37. The van der Waals surface area contributed by atoms with Crippen LogP contribution in [0.25, 0.3) is 22.4 Å². The lowest BCUT2D eigenvalue weighted by molar-refractivity contribution is 0.403. The summed E-state index contributed by atoms with van der Waals surface area (Å²) in [6.45, 7) is 3.99. The van der Waals surface area contributed by atoms with Gasteiger partial charge in [0.25, 0.3) is 0 Å². The van der Waals surface area contributed by atoms with Gasteiger partial charge in [0, 0.05) is 33.5 Å². The van der Waals surface area contributed by atoms with Crippen molar-refractivity contribution in [2.24, 2.45) is 0 Å². The second-order valence-electron chi connectivity index (χ2n) is 5.59. The number of hydrogen-bond donors (Lipinski definition) is 2. The number of aromatic nitrogens is 2. The maximum absolute atomic E-state index is 10.5. The molecule has 0 radical (unpaired) electrons. The van der Waals surface area contributed by atoms with E-state index in [1.807, 2.05) is 44.2 Å². The zero-order chi connectivity index (χ0) is 17.3. The molecular formula is C19H19ClN2O2. The number of aromatic amines is 1. The Morgan fingerprint density at radius 3 is 2.62 bits per heavy atom. The van der Waals surface area contributed by atoms with Crippen LogP contribution < -0.4 is 4.74 Å². The van der Waals surface area contributed by atoms with E-state index in [2.05, 4.69) is 10.2 Å². The fourth-order valence-electron chi connectivity index (χ4n) is 2.89. The first-order valence-electron chi connectivity index (χ1n) is 7.76. The Morgan fingerprint density at radius 2 is 1.96 bits per heavy atom. The summed E-state index contributed by atoms with van der Waals surface area (Å²) in [6, 6.07) is 11.2. The van der Waals surface area contributed by atoms with Gasteiger partial charge in [0.15, 0.2) is 0 Å². The van der Waals surface area contributed by atoms with Crippen LogP contribution in [0, 0.1) is 6.92 Å². The number of aryl methyl sites for hydroxylation is 2. The van der Waals surface area contributed by atoms with Crippen LogP contribution in [0.5, 0.6) is 11.5 Å². The third kappa shape index (κ3) is 2.74. The first-order valence-corrected chi connectivity index (χ1v) is 8.14. The average Bonchev–Trinajstić information content (AvgIpc) is 2.96. The number of hydrogen-bond acceptors (Lipinski definition) is 3. The number of rotatable bonds is 4. The molecule has 0 unspecified atom stereocenters. The molecule has 4 nitrogen and oxygen atoms in total. The summed E-state index contributed by atoms with van der Waals surface area (Å²) in [4.78, 5) is 0. The van der Waals surface area contributed by atoms with Gasteiger partial charge in [-0.05, 0) is 31.0 Å². The number of phenolic OH excluding ortho intramolecular Hbond substituents is 1. The molecule has 0 saturated carbocycles. The van der Waals surface area contributed by atoms with Crippen LogP contribution in [0.2, 0.25) is 5.02 Å². The van der Waals surface area contributed by atoms with Crippen molar-refractivity contribution in [1.82, 2.24) is 10.2 Å². The van der Waals surface area contributed by atoms with E-state index in [0.29, 0.717) is 22.0 Å². The number of methoxy groups -OCH3 is 1. The number of aromatic hydroxyl groups is 1. The highest BCUT2D eigenvalue weighted by Crippen LogP contribution is 2.42. The number of phenols is 1. The Bertz CT molecular complexity index is 887. The van der Waals surface area contributed by atoms with Crippen LogP contribution in [0.3, 0.4) is 0 Å². The van der Waals surface area contributed by atoms with E-state index < -0.39 is 0 Å². The second-order valence-corrected chi connectivity index (χ2v) is 5.99. The zero-order valence-electron chi connectivity index (χ0n) is 13.9. The summed E-state index contributed by atoms with van der Waals surface area (Å²) in [5.41, 5.74) is 5.02. The van der Waals surface area contributed by atoms with Gasteiger partial charge in [-0.15, -0.1) is 0 Å². The Kier molecular flexibility index (Phi) is 4.49. The minimum Gasteiger partial charge on any atom is -0.507 e. The lowest BCUT2D eigenvalue weighted by atomic mass is 9.96. The maximum atomic E-state index is 10.5. The molecule has 3 aromatic rings. The van der Waals surface area contributed by atoms with Crippen LogP contribution in [0.1, 0.15) is 18.2 Å². The Balaban J connectivity index is 2.24. The van der Waals surface area contributed by atoms with Crippen LogP contribution in [-0.2, 0) is 6.42 Å². The van der Waals surface area contributed by atoms with E-state index in [0.717, 1.165) is 28.8 Å². The molecule has 0 aliphatic carbocycles. The predicted molar refractivity (Wildman–Crippen MR) is 96.8 cm³/mol. The number of nitrogens with zero attached hydrogens (tertiary/aromatic N) is 1. The highest BCUT2D eigenvalue weighted by Gasteiger charge is 2.20. The smallest absolute Gasteiger partial charge is 0.128 e. The van der Waals surface area contributed by atoms with Gasteiger partial charge in [0.2, 0.25) is 0 Å². The number of H-pyrrole nitrogens is 1. The minimum absolute atomic E-state index is 0.129. The van der Waals surface area contributed by atoms with Gasteiger partial charge in [-0.25, -0.2) is 0 Å². The molecule has 3 rings (SSSR count). The minimum atomic E-state index is 0.129. The topological polar surface area (TPSA) is 58.1 Å². The molecule has 2 N–H and O–H groups in total. The number of benzene rings is 2.